The molecule has 0 spiro atoms. The normalized spacial score (nSPS) is 19.8. The van der Waals surface area contributed by atoms with Gasteiger partial charge in [0.25, 0.3) is 0 Å². The van der Waals surface area contributed by atoms with Crippen molar-refractivity contribution in [2.75, 3.05) is 6.54 Å². The van der Waals surface area contributed by atoms with Crippen LogP contribution in [0.1, 0.15) is 62.8 Å². The Hall–Kier alpha value is -3.43. The van der Waals surface area contributed by atoms with E-state index < -0.39 is 17.3 Å². The largest absolute Gasteiger partial charge is 0.482 e. The standard InChI is InChI=1S/C27H31F3N4O3/c1-5-6-12-26(13-18-10-11-18)22-23(21-17(2)8-7-9-20(21)36-26)33-37-24(22)19(14-27(28,29)30)15-31-32-16-25(3,4)34-35/h5,7-9,14-15,18,32H,1,6,10-13,16H2,2-4H3/b19-14-,31-15-. The van der Waals surface area contributed by atoms with Crippen molar-refractivity contribution in [1.29, 1.82) is 0 Å². The highest BCUT2D eigenvalue weighted by molar-refractivity contribution is 6.10. The molecule has 0 amide bonds. The number of nitroso groups, excluding NO2 is 1. The lowest BCUT2D eigenvalue weighted by atomic mass is 9.78. The third kappa shape index (κ3) is 5.94. The second-order valence-corrected chi connectivity index (χ2v) is 10.4. The fraction of sp³-hybridized carbons (Fsp3) is 0.481. The van der Waals surface area contributed by atoms with E-state index in [1.54, 1.807) is 19.9 Å². The van der Waals surface area contributed by atoms with E-state index in [9.17, 15) is 18.1 Å². The summed E-state index contributed by atoms with van der Waals surface area (Å²) in [4.78, 5) is 10.9. The van der Waals surface area contributed by atoms with Crippen molar-refractivity contribution in [3.05, 3.63) is 58.7 Å². The van der Waals surface area contributed by atoms with Gasteiger partial charge >= 0.3 is 6.18 Å². The quantitative estimate of drug-likeness (QED) is 0.149. The van der Waals surface area contributed by atoms with Crippen LogP contribution in [0.4, 0.5) is 13.2 Å². The molecule has 2 heterocycles. The van der Waals surface area contributed by atoms with Gasteiger partial charge in [-0.15, -0.1) is 6.58 Å². The number of aryl methyl sites for hydroxylation is 1. The molecule has 0 radical (unpaired) electrons. The van der Waals surface area contributed by atoms with E-state index in [-0.39, 0.29) is 24.0 Å². The summed E-state index contributed by atoms with van der Waals surface area (Å²) in [6.45, 7) is 8.96. The third-order valence-electron chi connectivity index (χ3n) is 6.63. The predicted molar refractivity (Wildman–Crippen MR) is 136 cm³/mol. The molecule has 10 heteroatoms. The number of fused-ring (bicyclic) bond motifs is 3. The Morgan fingerprint density at radius 3 is 2.73 bits per heavy atom. The zero-order chi connectivity index (χ0) is 26.8. The Kier molecular flexibility index (Phi) is 7.30. The van der Waals surface area contributed by atoms with Crippen LogP contribution in [0, 0.1) is 17.7 Å². The number of hydrazone groups is 1. The Balaban J connectivity index is 1.86. The second kappa shape index (κ2) is 10.1. The van der Waals surface area contributed by atoms with Crippen molar-refractivity contribution >= 4 is 11.8 Å². The van der Waals surface area contributed by atoms with Crippen LogP contribution >= 0.6 is 0 Å². The van der Waals surface area contributed by atoms with Gasteiger partial charge in [-0.2, -0.15) is 23.2 Å². The molecule has 1 aromatic carbocycles. The number of ether oxygens (including phenoxy) is 1. The van der Waals surface area contributed by atoms with Crippen molar-refractivity contribution in [1.82, 2.24) is 10.6 Å². The van der Waals surface area contributed by atoms with Crippen LogP contribution in [0.3, 0.4) is 0 Å². The molecule has 2 aliphatic rings. The number of alkyl halides is 3. The average molecular weight is 517 g/mol. The zero-order valence-electron chi connectivity index (χ0n) is 21.2. The maximum absolute atomic E-state index is 13.7. The number of aromatic nitrogens is 1. The molecule has 7 nitrogen and oxygen atoms in total. The molecule has 1 aromatic heterocycles. The molecule has 1 unspecified atom stereocenters. The van der Waals surface area contributed by atoms with E-state index >= 15 is 0 Å². The molecule has 198 valence electrons. The molecule has 1 saturated carbocycles. The molecule has 4 rings (SSSR count). The number of rotatable bonds is 11. The highest BCUT2D eigenvalue weighted by atomic mass is 19.4. The smallest absolute Gasteiger partial charge is 0.410 e. The summed E-state index contributed by atoms with van der Waals surface area (Å²) in [5, 5.41) is 11.2. The van der Waals surface area contributed by atoms with Gasteiger partial charge in [-0.3, -0.25) is 0 Å². The molecule has 0 saturated heterocycles. The van der Waals surface area contributed by atoms with Crippen LogP contribution in [0.5, 0.6) is 5.75 Å². The fourth-order valence-corrected chi connectivity index (χ4v) is 4.64. The van der Waals surface area contributed by atoms with E-state index in [0.717, 1.165) is 24.6 Å². The number of nitrogens with zero attached hydrogens (tertiary/aromatic N) is 3. The molecular weight excluding hydrogens is 485 g/mol. The molecule has 1 atom stereocenters. The zero-order valence-corrected chi connectivity index (χ0v) is 21.2. The van der Waals surface area contributed by atoms with Crippen LogP contribution in [0.25, 0.3) is 16.8 Å². The average Bonchev–Trinajstić information content (AvgIpc) is 3.52. The number of benzene rings is 1. The molecule has 2 aromatic rings. The van der Waals surface area contributed by atoms with Crippen molar-refractivity contribution in [2.24, 2.45) is 16.2 Å². The minimum atomic E-state index is -4.64. The van der Waals surface area contributed by atoms with Gasteiger partial charge in [0.15, 0.2) is 5.76 Å². The first kappa shape index (κ1) is 26.6. The molecule has 0 bridgehead atoms. The maximum atomic E-state index is 13.7. The molecular formula is C27H31F3N4O3. The van der Waals surface area contributed by atoms with E-state index in [0.29, 0.717) is 47.8 Å². The number of allylic oxidation sites excluding steroid dienone is 3. The maximum Gasteiger partial charge on any atom is 0.410 e. The van der Waals surface area contributed by atoms with Gasteiger partial charge < -0.3 is 14.7 Å². The summed E-state index contributed by atoms with van der Waals surface area (Å²) >= 11 is 0. The van der Waals surface area contributed by atoms with Gasteiger partial charge in [0.2, 0.25) is 0 Å². The lowest BCUT2D eigenvalue weighted by molar-refractivity contribution is -0.0793. The summed E-state index contributed by atoms with van der Waals surface area (Å²) in [5.41, 5.74) is 2.98. The highest BCUT2D eigenvalue weighted by Gasteiger charge is 2.49. The van der Waals surface area contributed by atoms with E-state index in [2.05, 4.69) is 27.4 Å². The molecule has 1 aliphatic heterocycles. The first-order chi connectivity index (χ1) is 17.5. The van der Waals surface area contributed by atoms with Gasteiger partial charge in [-0.25, -0.2) is 0 Å². The molecule has 1 N–H and O–H groups in total. The first-order valence-corrected chi connectivity index (χ1v) is 12.3. The lowest BCUT2D eigenvalue weighted by Gasteiger charge is -2.39. The van der Waals surface area contributed by atoms with Crippen molar-refractivity contribution in [3.8, 4) is 17.0 Å². The topological polar surface area (TPSA) is 89.1 Å². The number of hydrogen-bond acceptors (Lipinski definition) is 7. The Morgan fingerprint density at radius 1 is 1.32 bits per heavy atom. The Labute approximate surface area is 213 Å². The summed E-state index contributed by atoms with van der Waals surface area (Å²) < 4.78 is 53.4. The van der Waals surface area contributed by atoms with Crippen LogP contribution in [-0.4, -0.2) is 29.6 Å². The predicted octanol–water partition coefficient (Wildman–Crippen LogP) is 7.07. The van der Waals surface area contributed by atoms with Crippen LogP contribution in [0.2, 0.25) is 0 Å². The molecule has 1 fully saturated rings. The number of hydrogen-bond donors (Lipinski definition) is 1. The monoisotopic (exact) mass is 516 g/mol. The first-order valence-electron chi connectivity index (χ1n) is 12.3. The minimum absolute atomic E-state index is 0.0377. The summed E-state index contributed by atoms with van der Waals surface area (Å²) in [7, 11) is 0. The van der Waals surface area contributed by atoms with Gasteiger partial charge in [-0.1, -0.05) is 41.4 Å². The Morgan fingerprint density at radius 2 is 2.08 bits per heavy atom. The van der Waals surface area contributed by atoms with Crippen LogP contribution < -0.4 is 10.2 Å². The second-order valence-electron chi connectivity index (χ2n) is 10.4. The summed E-state index contributed by atoms with van der Waals surface area (Å²) in [6.07, 6.45) is 2.12. The van der Waals surface area contributed by atoms with Gasteiger partial charge in [-0.05, 0) is 57.6 Å². The number of nitrogens with one attached hydrogen (secondary N) is 1. The van der Waals surface area contributed by atoms with Gasteiger partial charge in [0.05, 0.1) is 18.3 Å². The van der Waals surface area contributed by atoms with Crippen LogP contribution in [-0.2, 0) is 5.60 Å². The summed E-state index contributed by atoms with van der Waals surface area (Å²) in [6, 6.07) is 5.65. The molecule has 1 aliphatic carbocycles. The van der Waals surface area contributed by atoms with Gasteiger partial charge in [0.1, 0.15) is 22.6 Å². The van der Waals surface area contributed by atoms with E-state index in [1.165, 1.54) is 0 Å². The molecule has 37 heavy (non-hydrogen) atoms. The summed E-state index contributed by atoms with van der Waals surface area (Å²) in [5.74, 6) is 0.997. The lowest BCUT2D eigenvalue weighted by Crippen LogP contribution is -2.37. The highest BCUT2D eigenvalue weighted by Crippen LogP contribution is 2.55. The van der Waals surface area contributed by atoms with Crippen molar-refractivity contribution in [2.45, 2.75) is 70.2 Å². The van der Waals surface area contributed by atoms with Gasteiger partial charge in [0, 0.05) is 17.2 Å². The Bertz CT molecular complexity index is 1230. The number of halogens is 3. The van der Waals surface area contributed by atoms with E-state index in [4.69, 9.17) is 9.26 Å². The van der Waals surface area contributed by atoms with E-state index in [1.807, 2.05) is 25.1 Å². The SMILES string of the molecule is C=CCCC1(CC2CC2)Oc2cccc(C)c2-c2noc(C(/C=N\NCC(C)(C)N=O)=C\C(F)(F)F)c21. The van der Waals surface area contributed by atoms with Crippen molar-refractivity contribution in [3.63, 3.8) is 0 Å². The fourth-order valence-electron chi connectivity index (χ4n) is 4.64. The minimum Gasteiger partial charge on any atom is -0.482 e. The van der Waals surface area contributed by atoms with Crippen LogP contribution in [0.15, 0.2) is 51.7 Å². The third-order valence-corrected chi connectivity index (χ3v) is 6.63. The van der Waals surface area contributed by atoms with Crippen molar-refractivity contribution < 1.29 is 22.4 Å².